The van der Waals surface area contributed by atoms with Crippen LogP contribution < -0.4 is 5.73 Å². The summed E-state index contributed by atoms with van der Waals surface area (Å²) in [7, 11) is 0. The molecular weight excluding hydrogens is 184 g/mol. The van der Waals surface area contributed by atoms with Crippen LogP contribution in [-0.2, 0) is 0 Å². The van der Waals surface area contributed by atoms with Gasteiger partial charge in [0.2, 0.25) is 0 Å². The normalized spacial score (nSPS) is 25.3. The van der Waals surface area contributed by atoms with E-state index in [0.29, 0.717) is 13.0 Å². The molecule has 1 unspecified atom stereocenters. The average Bonchev–Trinajstić information content (AvgIpc) is 2.27. The molecular formula is C13H18N2. The average molecular weight is 202 g/mol. The Morgan fingerprint density at radius 2 is 2.47 bits per heavy atom. The van der Waals surface area contributed by atoms with E-state index in [9.17, 15) is 0 Å². The van der Waals surface area contributed by atoms with E-state index in [1.54, 1.807) is 0 Å². The number of nitriles is 1. The summed E-state index contributed by atoms with van der Waals surface area (Å²) in [6, 6.07) is 2.12. The predicted octanol–water partition coefficient (Wildman–Crippen LogP) is 2.70. The summed E-state index contributed by atoms with van der Waals surface area (Å²) in [6.07, 6.45) is 13.0. The molecule has 2 N–H and O–H groups in total. The molecule has 0 saturated heterocycles. The molecule has 0 aromatic rings. The highest BCUT2D eigenvalue weighted by molar-refractivity contribution is 5.35. The van der Waals surface area contributed by atoms with Crippen LogP contribution in [0.1, 0.15) is 26.2 Å². The van der Waals surface area contributed by atoms with Gasteiger partial charge in [-0.05, 0) is 18.4 Å². The fourth-order valence-electron chi connectivity index (χ4n) is 1.43. The minimum Gasteiger partial charge on any atom is -0.330 e. The van der Waals surface area contributed by atoms with Crippen LogP contribution in [0.4, 0.5) is 0 Å². The number of rotatable bonds is 4. The minimum atomic E-state index is 0.129. The van der Waals surface area contributed by atoms with E-state index < -0.39 is 0 Å². The molecule has 2 nitrogen and oxygen atoms in total. The second-order valence-electron chi connectivity index (χ2n) is 4.20. The van der Waals surface area contributed by atoms with E-state index in [2.05, 4.69) is 37.3 Å². The van der Waals surface area contributed by atoms with Crippen molar-refractivity contribution >= 4 is 0 Å². The summed E-state index contributed by atoms with van der Waals surface area (Å²) in [5.74, 6) is 0. The molecule has 1 aliphatic rings. The van der Waals surface area contributed by atoms with Crippen molar-refractivity contribution in [2.45, 2.75) is 26.2 Å². The first-order valence-corrected chi connectivity index (χ1v) is 5.33. The van der Waals surface area contributed by atoms with Gasteiger partial charge >= 0.3 is 0 Å². The number of nitrogens with two attached hydrogens (primary N) is 1. The number of allylic oxidation sites excluding steroid dienone is 5. The highest BCUT2D eigenvalue weighted by Crippen LogP contribution is 2.28. The van der Waals surface area contributed by atoms with E-state index in [0.717, 1.165) is 12.8 Å². The number of unbranched alkanes of at least 4 members (excludes halogenated alkanes) is 1. The molecule has 1 aliphatic carbocycles. The summed E-state index contributed by atoms with van der Waals surface area (Å²) in [6.45, 7) is 2.85. The van der Waals surface area contributed by atoms with Crippen LogP contribution in [0.5, 0.6) is 0 Å². The Bertz CT molecular complexity index is 331. The van der Waals surface area contributed by atoms with Crippen molar-refractivity contribution in [2.75, 3.05) is 6.54 Å². The van der Waals surface area contributed by atoms with Gasteiger partial charge in [-0.3, -0.25) is 0 Å². The Balaban J connectivity index is 2.46. The second-order valence-corrected chi connectivity index (χ2v) is 4.20. The molecule has 0 spiro atoms. The van der Waals surface area contributed by atoms with E-state index in [1.807, 2.05) is 6.08 Å². The van der Waals surface area contributed by atoms with Crippen molar-refractivity contribution in [3.8, 4) is 6.07 Å². The zero-order chi connectivity index (χ0) is 11.1. The zero-order valence-corrected chi connectivity index (χ0v) is 9.24. The van der Waals surface area contributed by atoms with Crippen LogP contribution in [0.2, 0.25) is 0 Å². The van der Waals surface area contributed by atoms with Crippen molar-refractivity contribution in [3.05, 3.63) is 36.0 Å². The maximum absolute atomic E-state index is 8.38. The molecule has 1 rings (SSSR count). The predicted molar refractivity (Wildman–Crippen MR) is 63.0 cm³/mol. The van der Waals surface area contributed by atoms with Crippen molar-refractivity contribution in [2.24, 2.45) is 11.1 Å². The van der Waals surface area contributed by atoms with Crippen molar-refractivity contribution in [1.29, 1.82) is 5.26 Å². The first kappa shape index (κ1) is 11.7. The first-order chi connectivity index (χ1) is 7.20. The largest absolute Gasteiger partial charge is 0.330 e. The van der Waals surface area contributed by atoms with Gasteiger partial charge in [0.15, 0.2) is 0 Å². The van der Waals surface area contributed by atoms with Gasteiger partial charge in [-0.25, -0.2) is 0 Å². The summed E-state index contributed by atoms with van der Waals surface area (Å²) in [4.78, 5) is 0. The quantitative estimate of drug-likeness (QED) is 0.712. The standard InChI is InChI=1S/C13H18N2/c1-13(11-15)8-6-12(7-9-13)5-3-2-4-10-14/h3,5-8H,2,4,9,11,15H2,1H3. The Kier molecular flexibility index (Phi) is 4.33. The lowest BCUT2D eigenvalue weighted by molar-refractivity contribution is 0.442. The van der Waals surface area contributed by atoms with E-state index >= 15 is 0 Å². The van der Waals surface area contributed by atoms with Crippen LogP contribution in [0.3, 0.4) is 0 Å². The third-order valence-corrected chi connectivity index (χ3v) is 2.68. The third-order valence-electron chi connectivity index (χ3n) is 2.68. The van der Waals surface area contributed by atoms with Gasteiger partial charge in [-0.1, -0.05) is 37.3 Å². The highest BCUT2D eigenvalue weighted by Gasteiger charge is 2.19. The van der Waals surface area contributed by atoms with Gasteiger partial charge in [0.25, 0.3) is 0 Å². The van der Waals surface area contributed by atoms with Gasteiger partial charge in [-0.2, -0.15) is 5.26 Å². The summed E-state index contributed by atoms with van der Waals surface area (Å²) >= 11 is 0. The molecule has 1 atom stereocenters. The highest BCUT2D eigenvalue weighted by atomic mass is 14.6. The topological polar surface area (TPSA) is 49.8 Å². The van der Waals surface area contributed by atoms with Crippen LogP contribution in [0.25, 0.3) is 0 Å². The van der Waals surface area contributed by atoms with E-state index in [1.165, 1.54) is 5.57 Å². The lowest BCUT2D eigenvalue weighted by Crippen LogP contribution is -2.25. The van der Waals surface area contributed by atoms with Gasteiger partial charge in [0.05, 0.1) is 6.07 Å². The third kappa shape index (κ3) is 3.73. The van der Waals surface area contributed by atoms with E-state index in [4.69, 9.17) is 11.0 Å². The number of nitrogens with zero attached hydrogens (tertiary/aromatic N) is 1. The number of hydrogen-bond acceptors (Lipinski definition) is 2. The van der Waals surface area contributed by atoms with Crippen LogP contribution >= 0.6 is 0 Å². The van der Waals surface area contributed by atoms with Crippen LogP contribution in [0, 0.1) is 16.7 Å². The smallest absolute Gasteiger partial charge is 0.0625 e. The fraction of sp³-hybridized carbons (Fsp3) is 0.462. The Morgan fingerprint density at radius 1 is 1.67 bits per heavy atom. The van der Waals surface area contributed by atoms with Crippen molar-refractivity contribution < 1.29 is 0 Å². The Hall–Kier alpha value is -1.33. The molecule has 2 heteroatoms. The molecule has 80 valence electrons. The lowest BCUT2D eigenvalue weighted by Gasteiger charge is -2.25. The Morgan fingerprint density at radius 3 is 3.00 bits per heavy atom. The summed E-state index contributed by atoms with van der Waals surface area (Å²) in [5.41, 5.74) is 7.04. The van der Waals surface area contributed by atoms with Gasteiger partial charge in [0, 0.05) is 18.4 Å². The fourth-order valence-corrected chi connectivity index (χ4v) is 1.43. The maximum atomic E-state index is 8.38. The number of hydrogen-bond donors (Lipinski definition) is 1. The molecule has 0 aromatic heterocycles. The second kappa shape index (κ2) is 5.53. The van der Waals surface area contributed by atoms with Gasteiger partial charge in [0.1, 0.15) is 0 Å². The minimum absolute atomic E-state index is 0.129. The van der Waals surface area contributed by atoms with Gasteiger partial charge in [-0.15, -0.1) is 0 Å². The SMILES string of the molecule is CC1(CN)C=CC(C=CCCC#N)=CC1. The molecule has 0 heterocycles. The molecule has 0 aliphatic heterocycles. The molecule has 0 bridgehead atoms. The maximum Gasteiger partial charge on any atom is 0.0625 e. The van der Waals surface area contributed by atoms with E-state index in [-0.39, 0.29) is 5.41 Å². The van der Waals surface area contributed by atoms with Crippen molar-refractivity contribution in [3.63, 3.8) is 0 Å². The molecule has 0 amide bonds. The molecule has 15 heavy (non-hydrogen) atoms. The van der Waals surface area contributed by atoms with Crippen LogP contribution in [0.15, 0.2) is 36.0 Å². The lowest BCUT2D eigenvalue weighted by atomic mass is 9.82. The summed E-state index contributed by atoms with van der Waals surface area (Å²) in [5, 5.41) is 8.38. The monoisotopic (exact) mass is 202 g/mol. The van der Waals surface area contributed by atoms with Crippen LogP contribution in [-0.4, -0.2) is 6.54 Å². The molecule has 0 fully saturated rings. The molecule has 0 radical (unpaired) electrons. The first-order valence-electron chi connectivity index (χ1n) is 5.33. The molecule has 0 saturated carbocycles. The molecule has 0 aromatic carbocycles. The van der Waals surface area contributed by atoms with Crippen molar-refractivity contribution in [1.82, 2.24) is 0 Å². The van der Waals surface area contributed by atoms with Gasteiger partial charge < -0.3 is 5.73 Å². The summed E-state index contributed by atoms with van der Waals surface area (Å²) < 4.78 is 0. The Labute approximate surface area is 91.8 Å². The zero-order valence-electron chi connectivity index (χ0n) is 9.24.